The summed E-state index contributed by atoms with van der Waals surface area (Å²) in [7, 11) is 2.66. The van der Waals surface area contributed by atoms with E-state index in [2.05, 4.69) is 110 Å². The highest BCUT2D eigenvalue weighted by Crippen LogP contribution is 2.33. The van der Waals surface area contributed by atoms with E-state index in [1.165, 1.54) is 44.5 Å². The first-order chi connectivity index (χ1) is 16.4. The van der Waals surface area contributed by atoms with Gasteiger partial charge >= 0.3 is 0 Å². The Labute approximate surface area is 208 Å². The lowest BCUT2D eigenvalue weighted by Gasteiger charge is -2.13. The summed E-state index contributed by atoms with van der Waals surface area (Å²) in [6.07, 6.45) is 0.928. The highest BCUT2D eigenvalue weighted by atomic mass is 31.1. The molecule has 0 fully saturated rings. The number of rotatable bonds is 6. The molecule has 34 heavy (non-hydrogen) atoms. The fraction of sp³-hybridized carbons (Fsp3) is 0.200. The van der Waals surface area contributed by atoms with Crippen LogP contribution >= 0.6 is 18.3 Å². The van der Waals surface area contributed by atoms with E-state index in [4.69, 9.17) is 9.05 Å². The van der Waals surface area contributed by atoms with Crippen LogP contribution in [0.5, 0.6) is 11.5 Å². The predicted molar refractivity (Wildman–Crippen MR) is 151 cm³/mol. The van der Waals surface area contributed by atoms with Gasteiger partial charge in [-0.1, -0.05) is 83.9 Å². The molecule has 0 N–H and O–H groups in total. The predicted octanol–water partition coefficient (Wildman–Crippen LogP) is 8.92. The van der Waals surface area contributed by atoms with Gasteiger partial charge < -0.3 is 9.05 Å². The van der Waals surface area contributed by atoms with Gasteiger partial charge in [-0.25, -0.2) is 0 Å². The summed E-state index contributed by atoms with van der Waals surface area (Å²) in [5.41, 5.74) is 10.2. The Morgan fingerprint density at radius 2 is 1.18 bits per heavy atom. The third-order valence-electron chi connectivity index (χ3n) is 5.69. The zero-order valence-electron chi connectivity index (χ0n) is 20.7. The molecule has 4 aromatic carbocycles. The van der Waals surface area contributed by atoms with Crippen molar-refractivity contribution in [3.63, 3.8) is 0 Å². The highest BCUT2D eigenvalue weighted by Gasteiger charge is 2.08. The topological polar surface area (TPSA) is 18.5 Å². The minimum Gasteiger partial charge on any atom is -0.480 e. The summed E-state index contributed by atoms with van der Waals surface area (Å²) in [6, 6.07) is 29.6. The average molecular weight is 489 g/mol. The van der Waals surface area contributed by atoms with Crippen molar-refractivity contribution in [3.05, 3.63) is 118 Å². The summed E-state index contributed by atoms with van der Waals surface area (Å²) in [5.74, 6) is 1.92. The maximum absolute atomic E-state index is 6.04. The zero-order valence-corrected chi connectivity index (χ0v) is 22.8. The fourth-order valence-electron chi connectivity index (χ4n) is 3.85. The van der Waals surface area contributed by atoms with Gasteiger partial charge in [0.15, 0.2) is 0 Å². The van der Waals surface area contributed by atoms with Crippen molar-refractivity contribution in [2.45, 2.75) is 40.8 Å². The van der Waals surface area contributed by atoms with Crippen LogP contribution in [0.25, 0.3) is 11.1 Å². The van der Waals surface area contributed by atoms with Crippen molar-refractivity contribution in [1.82, 2.24) is 0 Å². The number of benzene rings is 4. The Balaban J connectivity index is 0.000000271. The molecule has 0 bridgehead atoms. The second-order valence-corrected chi connectivity index (χ2v) is 9.63. The van der Waals surface area contributed by atoms with E-state index in [9.17, 15) is 0 Å². The van der Waals surface area contributed by atoms with Crippen molar-refractivity contribution in [2.75, 3.05) is 0 Å². The molecule has 0 heterocycles. The summed E-state index contributed by atoms with van der Waals surface area (Å²) in [4.78, 5) is 0. The second-order valence-electron chi connectivity index (χ2n) is 8.55. The fourth-order valence-corrected chi connectivity index (χ4v) is 5.03. The van der Waals surface area contributed by atoms with Crippen LogP contribution < -0.4 is 9.05 Å². The lowest BCUT2D eigenvalue weighted by Crippen LogP contribution is -1.91. The first kappa shape index (κ1) is 26.0. The van der Waals surface area contributed by atoms with Crippen LogP contribution in [-0.2, 0) is 6.16 Å². The third kappa shape index (κ3) is 7.17. The summed E-state index contributed by atoms with van der Waals surface area (Å²) in [6.45, 7) is 10.5. The maximum Gasteiger partial charge on any atom is 0.125 e. The van der Waals surface area contributed by atoms with Gasteiger partial charge in [0, 0.05) is 6.16 Å². The third-order valence-corrected chi connectivity index (χ3v) is 6.83. The molecule has 2 unspecified atom stereocenters. The molecule has 0 aliphatic heterocycles. The van der Waals surface area contributed by atoms with Gasteiger partial charge in [0.25, 0.3) is 0 Å². The molecule has 4 aromatic rings. The Morgan fingerprint density at radius 1 is 0.618 bits per heavy atom. The van der Waals surface area contributed by atoms with Crippen LogP contribution in [-0.4, -0.2) is 0 Å². The quantitative estimate of drug-likeness (QED) is 0.252. The molecular weight excluding hydrogens is 454 g/mol. The van der Waals surface area contributed by atoms with Gasteiger partial charge in [0.05, 0.1) is 18.3 Å². The van der Waals surface area contributed by atoms with E-state index in [-0.39, 0.29) is 0 Å². The van der Waals surface area contributed by atoms with Crippen molar-refractivity contribution >= 4 is 18.3 Å². The average Bonchev–Trinajstić information content (AvgIpc) is 2.82. The molecule has 0 aromatic heterocycles. The lowest BCUT2D eigenvalue weighted by atomic mass is 9.97. The van der Waals surface area contributed by atoms with E-state index in [0.29, 0.717) is 8.81 Å². The molecule has 2 atom stereocenters. The minimum absolute atomic E-state index is 0.418. The standard InChI is InChI=1S/C22H23OP.C8H11OP/c1-16-12-13-22(18(3)14-16)23-24-15-19-9-5-7-11-21(19)20-10-6-4-8-17(20)2;1-6-3-4-8(9-10)7(2)5-6/h4-14,24H,15H2,1-3H3;3-5H,10H2,1-2H3. The smallest absolute Gasteiger partial charge is 0.125 e. The molecular formula is C30H34O2P2. The Hall–Kier alpha value is -2.66. The summed E-state index contributed by atoms with van der Waals surface area (Å²) >= 11 is 0. The van der Waals surface area contributed by atoms with Gasteiger partial charge in [-0.05, 0) is 80.1 Å². The van der Waals surface area contributed by atoms with Crippen LogP contribution in [0.3, 0.4) is 0 Å². The summed E-state index contributed by atoms with van der Waals surface area (Å²) in [5, 5.41) is 0. The Bertz CT molecular complexity index is 1230. The van der Waals surface area contributed by atoms with Crippen molar-refractivity contribution in [2.24, 2.45) is 0 Å². The lowest BCUT2D eigenvalue weighted by molar-refractivity contribution is 0.623. The van der Waals surface area contributed by atoms with Gasteiger partial charge in [0.2, 0.25) is 0 Å². The van der Waals surface area contributed by atoms with Crippen LogP contribution in [0, 0.1) is 34.6 Å². The molecule has 0 saturated carbocycles. The maximum atomic E-state index is 6.04. The van der Waals surface area contributed by atoms with Crippen molar-refractivity contribution < 1.29 is 9.05 Å². The largest absolute Gasteiger partial charge is 0.480 e. The van der Waals surface area contributed by atoms with E-state index in [0.717, 1.165) is 17.7 Å². The molecule has 0 spiro atoms. The second kappa shape index (κ2) is 12.7. The molecule has 0 aliphatic rings. The Kier molecular flexibility index (Phi) is 9.70. The van der Waals surface area contributed by atoms with Crippen LogP contribution in [0.2, 0.25) is 0 Å². The molecule has 0 radical (unpaired) electrons. The van der Waals surface area contributed by atoms with E-state index >= 15 is 0 Å². The monoisotopic (exact) mass is 488 g/mol. The molecule has 0 aliphatic carbocycles. The molecule has 4 rings (SSSR count). The van der Waals surface area contributed by atoms with E-state index in [1.54, 1.807) is 0 Å². The molecule has 4 heteroatoms. The number of aryl methyl sites for hydroxylation is 5. The zero-order chi connectivity index (χ0) is 24.5. The number of hydrogen-bond acceptors (Lipinski definition) is 2. The highest BCUT2D eigenvalue weighted by molar-refractivity contribution is 7.31. The SMILES string of the molecule is Cc1ccc(OP)c(C)c1.Cc1ccc(OPCc2ccccc2-c2ccccc2C)c(C)c1. The molecule has 176 valence electrons. The molecule has 2 nitrogen and oxygen atoms in total. The van der Waals surface area contributed by atoms with Crippen molar-refractivity contribution in [3.8, 4) is 22.6 Å². The molecule has 0 saturated heterocycles. The van der Waals surface area contributed by atoms with Gasteiger partial charge in [-0.3, -0.25) is 0 Å². The molecule has 0 amide bonds. The van der Waals surface area contributed by atoms with Gasteiger partial charge in [0.1, 0.15) is 11.5 Å². The first-order valence-electron chi connectivity index (χ1n) is 11.4. The van der Waals surface area contributed by atoms with Crippen LogP contribution in [0.15, 0.2) is 84.9 Å². The van der Waals surface area contributed by atoms with Crippen LogP contribution in [0.1, 0.15) is 33.4 Å². The van der Waals surface area contributed by atoms with Gasteiger partial charge in [-0.2, -0.15) is 0 Å². The van der Waals surface area contributed by atoms with Gasteiger partial charge in [-0.15, -0.1) is 0 Å². The Morgan fingerprint density at radius 3 is 1.76 bits per heavy atom. The van der Waals surface area contributed by atoms with E-state index < -0.39 is 0 Å². The van der Waals surface area contributed by atoms with Crippen LogP contribution in [0.4, 0.5) is 0 Å². The minimum atomic E-state index is 0.418. The number of hydrogen-bond donors (Lipinski definition) is 0. The normalized spacial score (nSPS) is 10.6. The van der Waals surface area contributed by atoms with E-state index in [1.807, 2.05) is 19.1 Å². The summed E-state index contributed by atoms with van der Waals surface area (Å²) < 4.78 is 11.1. The van der Waals surface area contributed by atoms with Crippen molar-refractivity contribution in [1.29, 1.82) is 0 Å². The first-order valence-corrected chi connectivity index (χ1v) is 13.0.